The lowest BCUT2D eigenvalue weighted by molar-refractivity contribution is 0.0827. The van der Waals surface area contributed by atoms with Gasteiger partial charge < -0.3 is 20.1 Å². The van der Waals surface area contributed by atoms with Crippen molar-refractivity contribution < 1.29 is 27.5 Å². The largest absolute Gasteiger partial charge is 0.481 e. The number of hydrogen-bond donors (Lipinski definition) is 2. The zero-order valence-electron chi connectivity index (χ0n) is 17.1. The number of nitrogens with zero attached hydrogens (tertiary/aromatic N) is 4. The molecule has 0 aliphatic heterocycles. The molecule has 0 saturated heterocycles. The molecule has 3 amide bonds. The smallest absolute Gasteiger partial charge is 0.443 e. The third-order valence-corrected chi connectivity index (χ3v) is 5.49. The molecule has 13 heteroatoms. The van der Waals surface area contributed by atoms with Crippen molar-refractivity contribution in [1.82, 2.24) is 18.8 Å². The molecule has 0 fully saturated rings. The van der Waals surface area contributed by atoms with Crippen LogP contribution in [0.3, 0.4) is 0 Å². The fraction of sp³-hybridized carbons (Fsp3) is 0.294. The van der Waals surface area contributed by atoms with Crippen LogP contribution in [0.1, 0.15) is 15.9 Å². The lowest BCUT2D eigenvalue weighted by atomic mass is 10.1. The number of benzene rings is 1. The number of carbonyl (C=O) groups is 2. The van der Waals surface area contributed by atoms with Crippen LogP contribution in [0.15, 0.2) is 24.3 Å². The predicted octanol–water partition coefficient (Wildman–Crippen LogP) is 0.425. The highest BCUT2D eigenvalue weighted by Gasteiger charge is 2.56. The van der Waals surface area contributed by atoms with Gasteiger partial charge in [-0.3, -0.25) is 4.79 Å². The summed E-state index contributed by atoms with van der Waals surface area (Å²) in [4.78, 5) is 34.7. The molecule has 1 atom stereocenters. The van der Waals surface area contributed by atoms with Crippen molar-refractivity contribution in [3.63, 3.8) is 0 Å². The molecule has 1 aromatic carbocycles. The first kappa shape index (κ1) is 23.0. The van der Waals surface area contributed by atoms with Gasteiger partial charge in [0.15, 0.2) is 5.69 Å². The number of rotatable bonds is 6. The quantitative estimate of drug-likeness (QED) is 0.611. The van der Waals surface area contributed by atoms with Crippen molar-refractivity contribution >= 4 is 33.8 Å². The Kier molecular flexibility index (Phi) is 6.30. The van der Waals surface area contributed by atoms with Crippen molar-refractivity contribution in [3.8, 4) is 11.8 Å². The van der Waals surface area contributed by atoms with Gasteiger partial charge in [0.05, 0.1) is 20.3 Å². The summed E-state index contributed by atoms with van der Waals surface area (Å²) >= 11 is 0. The maximum Gasteiger partial charge on any atom is 0.443 e. The van der Waals surface area contributed by atoms with Gasteiger partial charge in [0.25, 0.3) is 5.91 Å². The third kappa shape index (κ3) is 3.77. The Morgan fingerprint density at radius 2 is 1.60 bits per heavy atom. The summed E-state index contributed by atoms with van der Waals surface area (Å²) in [5.74, 6) is -1.48. The molecule has 0 spiro atoms. The minimum Gasteiger partial charge on any atom is -0.481 e. The van der Waals surface area contributed by atoms with Gasteiger partial charge in [0, 0.05) is 20.2 Å². The molecule has 0 aliphatic rings. The van der Waals surface area contributed by atoms with Gasteiger partial charge in [-0.1, -0.05) is 6.07 Å². The van der Waals surface area contributed by atoms with Gasteiger partial charge in [-0.2, -0.15) is 13.6 Å². The first-order valence-corrected chi connectivity index (χ1v) is 9.93. The molecule has 30 heavy (non-hydrogen) atoms. The van der Waals surface area contributed by atoms with E-state index in [4.69, 9.17) is 20.3 Å². The van der Waals surface area contributed by atoms with Gasteiger partial charge in [-0.15, -0.1) is 9.97 Å². The van der Waals surface area contributed by atoms with Gasteiger partial charge in [-0.05, 0) is 22.4 Å². The van der Waals surface area contributed by atoms with Crippen molar-refractivity contribution in [2.24, 2.45) is 10.9 Å². The fourth-order valence-corrected chi connectivity index (χ4v) is 3.77. The Morgan fingerprint density at radius 3 is 2.00 bits per heavy atom. The van der Waals surface area contributed by atoms with Crippen LogP contribution in [0.5, 0.6) is 11.8 Å². The Bertz CT molecular complexity index is 1080. The minimum absolute atomic E-state index is 0.114. The standard InChI is InChI=1S/C17H22N6O6S/c1-10-6-7-12(11(8-10)15(24)22(2)3)23(16(18)25,30(19,26)27)17-20-13(28-4)9-14(21-17)29-5/h6-9H,1-5H3,(H3-,18,19,25,26,27)/p+1. The van der Waals surface area contributed by atoms with Crippen molar-refractivity contribution in [1.29, 1.82) is 0 Å². The van der Waals surface area contributed by atoms with Crippen molar-refractivity contribution in [3.05, 3.63) is 35.4 Å². The Hall–Kier alpha value is -3.29. The van der Waals surface area contributed by atoms with E-state index >= 15 is 0 Å². The second-order valence-electron chi connectivity index (χ2n) is 6.44. The molecule has 12 nitrogen and oxygen atoms in total. The van der Waals surface area contributed by atoms with Crippen LogP contribution in [0.25, 0.3) is 0 Å². The van der Waals surface area contributed by atoms with E-state index in [1.807, 2.05) is 0 Å². The summed E-state index contributed by atoms with van der Waals surface area (Å²) in [6.07, 6.45) is 0. The number of ether oxygens (including phenoxy) is 2. The minimum atomic E-state index is -4.92. The van der Waals surface area contributed by atoms with E-state index in [1.54, 1.807) is 6.92 Å². The van der Waals surface area contributed by atoms with E-state index in [1.165, 1.54) is 57.5 Å². The van der Waals surface area contributed by atoms with E-state index in [0.717, 1.165) is 0 Å². The number of aromatic nitrogens is 2. The predicted molar refractivity (Wildman–Crippen MR) is 108 cm³/mol. The number of amides is 3. The zero-order chi connectivity index (χ0) is 22.9. The molecular weight excluding hydrogens is 416 g/mol. The number of carbonyl (C=O) groups excluding carboxylic acids is 2. The fourth-order valence-electron chi connectivity index (χ4n) is 2.78. The monoisotopic (exact) mass is 439 g/mol. The molecular formula is C17H23N6O6S+. The van der Waals surface area contributed by atoms with Crippen LogP contribution in [0.4, 0.5) is 16.4 Å². The van der Waals surface area contributed by atoms with E-state index in [-0.39, 0.29) is 23.0 Å². The number of methoxy groups -OCH3 is 2. The molecule has 1 heterocycles. The summed E-state index contributed by atoms with van der Waals surface area (Å²) in [5, 5.41) is 5.50. The normalized spacial score (nSPS) is 13.3. The second kappa shape index (κ2) is 8.22. The van der Waals surface area contributed by atoms with Gasteiger partial charge >= 0.3 is 22.2 Å². The first-order chi connectivity index (χ1) is 13.9. The summed E-state index contributed by atoms with van der Waals surface area (Å²) in [5.41, 5.74) is 5.74. The SMILES string of the molecule is COc1cc(OC)nc([N+](C(N)=O)(c2ccc(C)cc2C(=O)N(C)C)S(N)(=O)=O)n1. The summed E-state index contributed by atoms with van der Waals surface area (Å²) in [6, 6.07) is 3.99. The van der Waals surface area contributed by atoms with Gasteiger partial charge in [0.1, 0.15) is 5.56 Å². The molecule has 1 aromatic heterocycles. The highest BCUT2D eigenvalue weighted by Crippen LogP contribution is 2.40. The van der Waals surface area contributed by atoms with Gasteiger partial charge in [-0.25, -0.2) is 4.79 Å². The van der Waals surface area contributed by atoms with E-state index in [9.17, 15) is 18.0 Å². The summed E-state index contributed by atoms with van der Waals surface area (Å²) < 4.78 is 34.0. The molecule has 0 radical (unpaired) electrons. The molecule has 2 aromatic rings. The van der Waals surface area contributed by atoms with Gasteiger partial charge in [0.2, 0.25) is 11.8 Å². The zero-order valence-corrected chi connectivity index (χ0v) is 17.9. The topological polar surface area (TPSA) is 168 Å². The number of primary amides is 1. The maximum absolute atomic E-state index is 12.9. The first-order valence-electron chi connectivity index (χ1n) is 8.42. The second-order valence-corrected chi connectivity index (χ2v) is 8.01. The average Bonchev–Trinajstić information content (AvgIpc) is 2.67. The molecule has 4 N–H and O–H groups in total. The molecule has 1 unspecified atom stereocenters. The highest BCUT2D eigenvalue weighted by molar-refractivity contribution is 7.89. The summed E-state index contributed by atoms with van der Waals surface area (Å²) in [7, 11) is 0.559. The molecule has 0 bridgehead atoms. The van der Waals surface area contributed by atoms with Crippen LogP contribution in [0, 0.1) is 6.92 Å². The maximum atomic E-state index is 12.9. The number of nitrogens with two attached hydrogens (primary N) is 2. The Balaban J connectivity index is 3.10. The number of quaternary nitrogens is 1. The van der Waals surface area contributed by atoms with Crippen molar-refractivity contribution in [2.75, 3.05) is 28.3 Å². The average molecular weight is 439 g/mol. The molecule has 0 aliphatic carbocycles. The van der Waals surface area contributed by atoms with Crippen LogP contribution < -0.4 is 24.2 Å². The van der Waals surface area contributed by atoms with E-state index in [0.29, 0.717) is 5.56 Å². The number of aryl methyl sites for hydroxylation is 1. The summed E-state index contributed by atoms with van der Waals surface area (Å²) in [6.45, 7) is 1.69. The van der Waals surface area contributed by atoms with E-state index in [2.05, 4.69) is 9.97 Å². The molecule has 2 rings (SSSR count). The number of hydrogen-bond acceptors (Lipinski definition) is 8. The van der Waals surface area contributed by atoms with E-state index < -0.39 is 32.0 Å². The highest BCUT2D eigenvalue weighted by atomic mass is 32.2. The lowest BCUT2D eigenvalue weighted by Gasteiger charge is -2.29. The Labute approximate surface area is 173 Å². The van der Waals surface area contributed by atoms with Crippen LogP contribution in [-0.4, -0.2) is 63.5 Å². The van der Waals surface area contributed by atoms with Crippen LogP contribution >= 0.6 is 0 Å². The molecule has 162 valence electrons. The van der Waals surface area contributed by atoms with Crippen LogP contribution in [0.2, 0.25) is 0 Å². The van der Waals surface area contributed by atoms with Crippen molar-refractivity contribution in [2.45, 2.75) is 6.92 Å². The lowest BCUT2D eigenvalue weighted by Crippen LogP contribution is -2.61. The van der Waals surface area contributed by atoms with Crippen LogP contribution in [-0.2, 0) is 10.2 Å². The number of urea groups is 1. The molecule has 0 saturated carbocycles. The Morgan fingerprint density at radius 1 is 1.07 bits per heavy atom. The third-order valence-electron chi connectivity index (χ3n) is 4.19.